The van der Waals surface area contributed by atoms with Gasteiger partial charge in [0.1, 0.15) is 5.82 Å². The van der Waals surface area contributed by atoms with Crippen LogP contribution in [-0.2, 0) is 4.74 Å². The average Bonchev–Trinajstić information content (AvgIpc) is 2.04. The summed E-state index contributed by atoms with van der Waals surface area (Å²) in [4.78, 5) is 0. The first-order valence-corrected chi connectivity index (χ1v) is 3.71. The molecule has 0 saturated carbocycles. The molecule has 0 aliphatic carbocycles. The number of halogens is 1. The van der Waals surface area contributed by atoms with Crippen molar-refractivity contribution in [1.29, 1.82) is 5.41 Å². The molecule has 0 aliphatic heterocycles. The number of nitrogens with one attached hydrogen (secondary N) is 1. The fourth-order valence-electron chi connectivity index (χ4n) is 0.821. The van der Waals surface area contributed by atoms with Crippen LogP contribution in [0, 0.1) is 11.2 Å². The molecule has 0 fully saturated rings. The summed E-state index contributed by atoms with van der Waals surface area (Å²) in [5, 5.41) is 12.6. The van der Waals surface area contributed by atoms with Crippen molar-refractivity contribution in [3.63, 3.8) is 0 Å². The third-order valence-corrected chi connectivity index (χ3v) is 1.37. The van der Waals surface area contributed by atoms with Crippen LogP contribution in [0.5, 0.6) is 0 Å². The van der Waals surface area contributed by atoms with E-state index in [9.17, 15) is 4.39 Å². The van der Waals surface area contributed by atoms with E-state index in [4.69, 9.17) is 15.6 Å². The molecule has 0 heterocycles. The van der Waals surface area contributed by atoms with Crippen LogP contribution in [0.15, 0.2) is 24.3 Å². The molecule has 0 aromatic heterocycles. The molecule has 1 rings (SSSR count). The average molecular weight is 181 g/mol. The van der Waals surface area contributed by atoms with Crippen molar-refractivity contribution in [3.05, 3.63) is 35.6 Å². The van der Waals surface area contributed by atoms with Gasteiger partial charge in [-0.3, -0.25) is 5.41 Å². The number of rotatable bonds is 1. The fourth-order valence-corrected chi connectivity index (χ4v) is 0.821. The molecule has 0 amide bonds. The maximum absolute atomic E-state index is 12.5. The summed E-state index contributed by atoms with van der Waals surface area (Å²) in [6.07, 6.45) is 0. The van der Waals surface area contributed by atoms with E-state index in [0.29, 0.717) is 5.56 Å². The third-order valence-electron chi connectivity index (χ3n) is 1.37. The Labute approximate surface area is 75.2 Å². The van der Waals surface area contributed by atoms with Gasteiger partial charge in [-0.25, -0.2) is 9.80 Å². The highest BCUT2D eigenvalue weighted by Crippen LogP contribution is 2.03. The van der Waals surface area contributed by atoms with E-state index in [1.807, 2.05) is 0 Å². The smallest absolute Gasteiger partial charge is 0.336 e. The SMILES string of the molecule is CC(=[NH2+])OC(=N)c1ccc(F)cc1. The molecule has 0 aliphatic rings. The van der Waals surface area contributed by atoms with Gasteiger partial charge in [-0.1, -0.05) is 0 Å². The maximum atomic E-state index is 12.5. The Bertz CT molecular complexity index is 332. The Morgan fingerprint density at radius 3 is 2.38 bits per heavy atom. The summed E-state index contributed by atoms with van der Waals surface area (Å²) in [6, 6.07) is 5.44. The lowest BCUT2D eigenvalue weighted by Crippen LogP contribution is -2.40. The third kappa shape index (κ3) is 2.66. The van der Waals surface area contributed by atoms with Gasteiger partial charge in [-0.15, -0.1) is 0 Å². The van der Waals surface area contributed by atoms with Crippen LogP contribution in [0.25, 0.3) is 0 Å². The van der Waals surface area contributed by atoms with Gasteiger partial charge >= 0.3 is 5.90 Å². The van der Waals surface area contributed by atoms with E-state index < -0.39 is 0 Å². The quantitative estimate of drug-likeness (QED) is 0.476. The highest BCUT2D eigenvalue weighted by molar-refractivity contribution is 5.97. The van der Waals surface area contributed by atoms with E-state index >= 15 is 0 Å². The van der Waals surface area contributed by atoms with Crippen molar-refractivity contribution in [1.82, 2.24) is 0 Å². The lowest BCUT2D eigenvalue weighted by atomic mass is 10.2. The first-order chi connectivity index (χ1) is 6.09. The predicted octanol–water partition coefficient (Wildman–Crippen LogP) is 0.345. The number of hydrogen-bond acceptors (Lipinski definition) is 2. The van der Waals surface area contributed by atoms with Crippen molar-refractivity contribution in [3.8, 4) is 0 Å². The minimum absolute atomic E-state index is 0.0833. The lowest BCUT2D eigenvalue weighted by Gasteiger charge is -2.01. The minimum Gasteiger partial charge on any atom is -0.390 e. The Hall–Kier alpha value is -1.71. The molecule has 0 radical (unpaired) electrons. The van der Waals surface area contributed by atoms with Crippen LogP contribution in [0.3, 0.4) is 0 Å². The molecule has 0 spiro atoms. The van der Waals surface area contributed by atoms with Gasteiger partial charge in [0, 0.05) is 5.56 Å². The van der Waals surface area contributed by atoms with Gasteiger partial charge in [-0.05, 0) is 24.3 Å². The maximum Gasteiger partial charge on any atom is 0.336 e. The molecule has 4 heteroatoms. The topological polar surface area (TPSA) is 58.7 Å². The molecule has 0 saturated heterocycles. The second-order valence-electron chi connectivity index (χ2n) is 2.55. The van der Waals surface area contributed by atoms with Crippen molar-refractivity contribution < 1.29 is 14.5 Å². The molecule has 13 heavy (non-hydrogen) atoms. The molecule has 0 unspecified atom stereocenters. The van der Waals surface area contributed by atoms with E-state index in [1.165, 1.54) is 31.2 Å². The predicted molar refractivity (Wildman–Crippen MR) is 46.9 cm³/mol. The zero-order valence-corrected chi connectivity index (χ0v) is 7.17. The van der Waals surface area contributed by atoms with Crippen molar-refractivity contribution in [2.24, 2.45) is 0 Å². The molecule has 3 nitrogen and oxygen atoms in total. The van der Waals surface area contributed by atoms with Crippen LogP contribution < -0.4 is 5.41 Å². The van der Waals surface area contributed by atoms with Crippen LogP contribution >= 0.6 is 0 Å². The van der Waals surface area contributed by atoms with E-state index in [1.54, 1.807) is 0 Å². The first kappa shape index (κ1) is 9.38. The highest BCUT2D eigenvalue weighted by Gasteiger charge is 2.05. The monoisotopic (exact) mass is 181 g/mol. The molecule has 0 bridgehead atoms. The number of ether oxygens (including phenoxy) is 1. The van der Waals surface area contributed by atoms with E-state index in [2.05, 4.69) is 0 Å². The van der Waals surface area contributed by atoms with Gasteiger partial charge in [0.05, 0.1) is 6.92 Å². The minimum atomic E-state index is -0.343. The van der Waals surface area contributed by atoms with Crippen LogP contribution in [0.1, 0.15) is 12.5 Å². The van der Waals surface area contributed by atoms with E-state index in [0.717, 1.165) is 0 Å². The first-order valence-electron chi connectivity index (χ1n) is 3.71. The Kier molecular flexibility index (Phi) is 2.74. The Morgan fingerprint density at radius 2 is 1.92 bits per heavy atom. The zero-order valence-electron chi connectivity index (χ0n) is 7.17. The number of benzene rings is 1. The molecular formula is C9H10FN2O+. The molecule has 68 valence electrons. The fraction of sp³-hybridized carbons (Fsp3) is 0.111. The normalized spacial score (nSPS) is 9.38. The summed E-state index contributed by atoms with van der Waals surface area (Å²) in [5.41, 5.74) is 0.492. The molecular weight excluding hydrogens is 171 g/mol. The zero-order chi connectivity index (χ0) is 9.84. The van der Waals surface area contributed by atoms with Crippen LogP contribution in [0.2, 0.25) is 0 Å². The summed E-state index contributed by atoms with van der Waals surface area (Å²) in [6.45, 7) is 1.54. The summed E-state index contributed by atoms with van der Waals surface area (Å²) >= 11 is 0. The highest BCUT2D eigenvalue weighted by atomic mass is 19.1. The van der Waals surface area contributed by atoms with Crippen molar-refractivity contribution in [2.75, 3.05) is 0 Å². The van der Waals surface area contributed by atoms with Crippen molar-refractivity contribution in [2.45, 2.75) is 6.92 Å². The molecule has 3 N–H and O–H groups in total. The summed E-state index contributed by atoms with van der Waals surface area (Å²) < 4.78 is 17.3. The van der Waals surface area contributed by atoms with Gasteiger partial charge < -0.3 is 4.74 Å². The van der Waals surface area contributed by atoms with Gasteiger partial charge in [0.25, 0.3) is 0 Å². The lowest BCUT2D eigenvalue weighted by molar-refractivity contribution is -0.133. The van der Waals surface area contributed by atoms with Gasteiger partial charge in [0.2, 0.25) is 5.90 Å². The van der Waals surface area contributed by atoms with Gasteiger partial charge in [0.15, 0.2) is 0 Å². The molecule has 1 aromatic rings. The number of nitrogens with two attached hydrogens (primary N) is 1. The second kappa shape index (κ2) is 3.80. The summed E-state index contributed by atoms with van der Waals surface area (Å²) in [7, 11) is 0. The van der Waals surface area contributed by atoms with Crippen molar-refractivity contribution >= 4 is 11.8 Å². The number of hydrogen-bond donors (Lipinski definition) is 2. The summed E-state index contributed by atoms with van der Waals surface area (Å²) in [5.74, 6) is -0.237. The second-order valence-corrected chi connectivity index (χ2v) is 2.55. The molecule has 1 aromatic carbocycles. The van der Waals surface area contributed by atoms with Gasteiger partial charge in [-0.2, -0.15) is 0 Å². The largest absolute Gasteiger partial charge is 0.390 e. The standard InChI is InChI=1S/C9H9FN2O/c1-6(11)13-9(12)7-2-4-8(10)5-3-7/h2-5,11-12H,1H3/p+1. The Balaban J connectivity index is 2.78. The van der Waals surface area contributed by atoms with E-state index in [-0.39, 0.29) is 17.6 Å². The molecule has 0 atom stereocenters. The van der Waals surface area contributed by atoms with Crippen LogP contribution in [-0.4, -0.2) is 11.8 Å². The Morgan fingerprint density at radius 1 is 1.38 bits per heavy atom. The van der Waals surface area contributed by atoms with Crippen LogP contribution in [0.4, 0.5) is 4.39 Å².